The molecule has 1 N–H and O–H groups in total. The van der Waals surface area contributed by atoms with E-state index in [-0.39, 0.29) is 16.2 Å². The molecule has 7 aromatic rings. The number of hydrogen-bond donors (Lipinski definition) is 1. The first-order chi connectivity index (χ1) is 25.8. The average molecular weight is 705 g/mol. The van der Waals surface area contributed by atoms with Crippen molar-refractivity contribution in [2.75, 3.05) is 0 Å². The quantitative estimate of drug-likeness (QED) is 0.195. The molecule has 0 spiro atoms. The highest BCUT2D eigenvalue weighted by Crippen LogP contribution is 2.52. The Morgan fingerprint density at radius 2 is 1.19 bits per heavy atom. The number of fused-ring (bicyclic) bond motifs is 6. The van der Waals surface area contributed by atoms with Crippen molar-refractivity contribution in [1.82, 2.24) is 9.88 Å². The number of hydrogen-bond acceptors (Lipinski definition) is 3. The molecule has 1 aliphatic carbocycles. The molecule has 6 aromatic carbocycles. The Hall–Kier alpha value is -5.74. The molecule has 2 heterocycles. The normalized spacial score (nSPS) is 16.5. The maximum absolute atomic E-state index is 5.45. The van der Waals surface area contributed by atoms with E-state index in [9.17, 15) is 0 Å². The van der Waals surface area contributed by atoms with Gasteiger partial charge in [-0.1, -0.05) is 146 Å². The third-order valence-corrected chi connectivity index (χ3v) is 11.6. The van der Waals surface area contributed by atoms with Crippen LogP contribution in [0.15, 0.2) is 143 Å². The van der Waals surface area contributed by atoms with Crippen LogP contribution >= 0.6 is 0 Å². The van der Waals surface area contributed by atoms with Crippen LogP contribution in [0, 0.1) is 0 Å². The van der Waals surface area contributed by atoms with E-state index in [1.54, 1.807) is 0 Å². The highest BCUT2D eigenvalue weighted by Gasteiger charge is 2.40. The summed E-state index contributed by atoms with van der Waals surface area (Å²) in [4.78, 5) is 10.8. The van der Waals surface area contributed by atoms with Gasteiger partial charge >= 0.3 is 0 Å². The summed E-state index contributed by atoms with van der Waals surface area (Å²) in [6.07, 6.45) is -0.398. The molecule has 4 nitrogen and oxygen atoms in total. The van der Waals surface area contributed by atoms with Gasteiger partial charge < -0.3 is 9.88 Å². The van der Waals surface area contributed by atoms with E-state index in [0.29, 0.717) is 0 Å². The molecule has 9 rings (SSSR count). The van der Waals surface area contributed by atoms with E-state index in [4.69, 9.17) is 9.98 Å². The van der Waals surface area contributed by atoms with Gasteiger partial charge in [0.1, 0.15) is 11.7 Å². The van der Waals surface area contributed by atoms with Gasteiger partial charge in [0.25, 0.3) is 0 Å². The molecule has 0 amide bonds. The van der Waals surface area contributed by atoms with Gasteiger partial charge in [0, 0.05) is 33.0 Å². The Kier molecular flexibility index (Phi) is 7.66. The molecular weight excluding hydrogens is 657 g/mol. The van der Waals surface area contributed by atoms with E-state index in [1.165, 1.54) is 55.2 Å². The Balaban J connectivity index is 1.25. The number of amidine groups is 2. The fourth-order valence-electron chi connectivity index (χ4n) is 8.42. The zero-order valence-corrected chi connectivity index (χ0v) is 32.6. The molecule has 1 aromatic heterocycles. The molecule has 0 fully saturated rings. The van der Waals surface area contributed by atoms with Crippen LogP contribution in [-0.4, -0.2) is 16.2 Å². The zero-order valence-electron chi connectivity index (χ0n) is 32.6. The standard InChI is InChI=1S/C50H48N4/c1-48(2,3)33-24-25-37-40(29-33)50(7,8)41-30-34(49(4,5)6)28-39(44(37)41)47-52-45(31-17-11-9-12-18-31)51-46(53-47)32-23-26-43-38(27-32)36-21-15-16-22-42(36)54(43)35-19-13-10-14-20-35/h9-30,45H,1-8H3,(H,51,52,53). The maximum Gasteiger partial charge on any atom is 0.169 e. The lowest BCUT2D eigenvalue weighted by molar-refractivity contribution is 0.580. The van der Waals surface area contributed by atoms with Crippen LogP contribution in [0.4, 0.5) is 0 Å². The smallest absolute Gasteiger partial charge is 0.169 e. The predicted octanol–water partition coefficient (Wildman–Crippen LogP) is 12.2. The lowest BCUT2D eigenvalue weighted by atomic mass is 9.77. The molecule has 1 atom stereocenters. The summed E-state index contributed by atoms with van der Waals surface area (Å²) in [5.41, 5.74) is 14.5. The molecule has 0 radical (unpaired) electrons. The van der Waals surface area contributed by atoms with Gasteiger partial charge in [-0.05, 0) is 92.2 Å². The van der Waals surface area contributed by atoms with Gasteiger partial charge in [0.05, 0.1) is 11.0 Å². The fourth-order valence-corrected chi connectivity index (χ4v) is 8.42. The second-order valence-electron chi connectivity index (χ2n) is 17.6. The second kappa shape index (κ2) is 12.1. The molecule has 4 heteroatoms. The first kappa shape index (κ1) is 34.1. The van der Waals surface area contributed by atoms with Crippen LogP contribution < -0.4 is 5.32 Å². The summed E-state index contributed by atoms with van der Waals surface area (Å²) in [7, 11) is 0. The summed E-state index contributed by atoms with van der Waals surface area (Å²) >= 11 is 0. The summed E-state index contributed by atoms with van der Waals surface area (Å²) in [5, 5.41) is 6.24. The number of para-hydroxylation sites is 2. The van der Waals surface area contributed by atoms with Crippen molar-refractivity contribution in [1.29, 1.82) is 0 Å². The van der Waals surface area contributed by atoms with Crippen LogP contribution in [0.2, 0.25) is 0 Å². The van der Waals surface area contributed by atoms with Crippen molar-refractivity contribution in [3.8, 4) is 16.8 Å². The highest BCUT2D eigenvalue weighted by atomic mass is 15.2. The second-order valence-corrected chi connectivity index (χ2v) is 17.6. The number of nitrogens with one attached hydrogen (secondary N) is 1. The summed E-state index contributed by atoms with van der Waals surface area (Å²) in [6.45, 7) is 18.6. The van der Waals surface area contributed by atoms with Crippen molar-refractivity contribution < 1.29 is 0 Å². The van der Waals surface area contributed by atoms with Crippen LogP contribution in [0.3, 0.4) is 0 Å². The van der Waals surface area contributed by atoms with Crippen molar-refractivity contribution in [2.45, 2.75) is 77.8 Å². The van der Waals surface area contributed by atoms with E-state index >= 15 is 0 Å². The molecule has 2 aliphatic rings. The highest BCUT2D eigenvalue weighted by molar-refractivity contribution is 6.20. The van der Waals surface area contributed by atoms with Crippen molar-refractivity contribution in [3.05, 3.63) is 172 Å². The minimum Gasteiger partial charge on any atom is -0.324 e. The Morgan fingerprint density at radius 3 is 1.91 bits per heavy atom. The fraction of sp³-hybridized carbons (Fsp3) is 0.240. The third-order valence-electron chi connectivity index (χ3n) is 11.6. The molecule has 0 saturated heterocycles. The largest absolute Gasteiger partial charge is 0.324 e. The van der Waals surface area contributed by atoms with Crippen molar-refractivity contribution in [2.24, 2.45) is 9.98 Å². The van der Waals surface area contributed by atoms with Gasteiger partial charge in [-0.25, -0.2) is 9.98 Å². The van der Waals surface area contributed by atoms with E-state index in [2.05, 4.69) is 199 Å². The van der Waals surface area contributed by atoms with Gasteiger partial charge in [-0.3, -0.25) is 0 Å². The lowest BCUT2D eigenvalue weighted by Crippen LogP contribution is -2.36. The van der Waals surface area contributed by atoms with E-state index < -0.39 is 6.17 Å². The van der Waals surface area contributed by atoms with E-state index in [1.807, 2.05) is 0 Å². The minimum atomic E-state index is -0.398. The zero-order chi connectivity index (χ0) is 37.6. The topological polar surface area (TPSA) is 41.7 Å². The molecule has 0 saturated carbocycles. The number of aromatic nitrogens is 1. The van der Waals surface area contributed by atoms with Crippen LogP contribution in [0.1, 0.15) is 100 Å². The number of nitrogens with zero attached hydrogens (tertiary/aromatic N) is 3. The molecule has 1 aliphatic heterocycles. The summed E-state index contributed by atoms with van der Waals surface area (Å²) < 4.78 is 2.36. The molecular formula is C50H48N4. The first-order valence-corrected chi connectivity index (χ1v) is 19.2. The van der Waals surface area contributed by atoms with Crippen molar-refractivity contribution in [3.63, 3.8) is 0 Å². The van der Waals surface area contributed by atoms with Crippen LogP contribution in [0.25, 0.3) is 38.6 Å². The van der Waals surface area contributed by atoms with Gasteiger partial charge in [0.2, 0.25) is 0 Å². The van der Waals surface area contributed by atoms with Gasteiger partial charge in [0.15, 0.2) is 6.17 Å². The Labute approximate surface area is 319 Å². The van der Waals surface area contributed by atoms with Crippen molar-refractivity contribution >= 4 is 33.5 Å². The number of rotatable bonds is 4. The van der Waals surface area contributed by atoms with Gasteiger partial charge in [-0.2, -0.15) is 0 Å². The van der Waals surface area contributed by atoms with Crippen LogP contribution in [-0.2, 0) is 16.2 Å². The molecule has 0 bridgehead atoms. The maximum atomic E-state index is 5.45. The minimum absolute atomic E-state index is 0.0526. The van der Waals surface area contributed by atoms with Gasteiger partial charge in [-0.15, -0.1) is 0 Å². The Bertz CT molecular complexity index is 2660. The summed E-state index contributed by atoms with van der Waals surface area (Å²) in [6, 6.07) is 48.5. The predicted molar refractivity (Wildman–Crippen MR) is 228 cm³/mol. The number of benzene rings is 6. The molecule has 1 unspecified atom stereocenters. The number of aliphatic imine (C=N–C) groups is 2. The SMILES string of the molecule is CC(C)(C)c1ccc2c(c1)C(C)(C)c1cc(C(C)(C)C)cc(C3=NC(c4ccccc4)N=C(c4ccc5c(c4)c4ccccc4n5-c4ccccc4)N3)c1-2. The summed E-state index contributed by atoms with van der Waals surface area (Å²) in [5.74, 6) is 1.68. The lowest BCUT2D eigenvalue weighted by Gasteiger charge is -2.28. The third kappa shape index (κ3) is 5.50. The first-order valence-electron chi connectivity index (χ1n) is 19.2. The van der Waals surface area contributed by atoms with Crippen LogP contribution in [0.5, 0.6) is 0 Å². The average Bonchev–Trinajstić information content (AvgIpc) is 3.62. The molecule has 54 heavy (non-hydrogen) atoms. The Morgan fingerprint density at radius 1 is 0.556 bits per heavy atom. The molecule has 268 valence electrons. The van der Waals surface area contributed by atoms with E-state index in [0.717, 1.165) is 34.0 Å². The monoisotopic (exact) mass is 704 g/mol.